The molecule has 0 spiro atoms. The van der Waals surface area contributed by atoms with Gasteiger partial charge >= 0.3 is 0 Å². The molecule has 1 N–H and O–H groups in total. The van der Waals surface area contributed by atoms with Crippen LogP contribution in [0, 0.1) is 0 Å². The van der Waals surface area contributed by atoms with Crippen molar-refractivity contribution in [3.05, 3.63) is 29.3 Å². The molecule has 0 saturated carbocycles. The van der Waals surface area contributed by atoms with Crippen molar-refractivity contribution in [2.75, 3.05) is 12.4 Å². The lowest BCUT2D eigenvalue weighted by Gasteiger charge is -2.10. The van der Waals surface area contributed by atoms with Gasteiger partial charge < -0.3 is 4.74 Å². The number of nitrogens with zero attached hydrogens (tertiary/aromatic N) is 6. The molecule has 1 amide bonds. The molecule has 2 heterocycles. The van der Waals surface area contributed by atoms with Gasteiger partial charge in [0, 0.05) is 0 Å². The normalized spacial score (nSPS) is 12.0. The zero-order valence-corrected chi connectivity index (χ0v) is 16.0. The summed E-state index contributed by atoms with van der Waals surface area (Å²) in [5.74, 6) is 0.561. The number of amides is 1. The largest absolute Gasteiger partial charge is 0.497 e. The summed E-state index contributed by atoms with van der Waals surface area (Å²) in [6, 6.07) is 7.33. The van der Waals surface area contributed by atoms with Crippen molar-refractivity contribution in [1.29, 1.82) is 0 Å². The predicted molar refractivity (Wildman–Crippen MR) is 98.9 cm³/mol. The average molecular weight is 391 g/mol. The summed E-state index contributed by atoms with van der Waals surface area (Å²) in [6.07, 6.45) is 0.786. The Hall–Kier alpha value is -2.53. The van der Waals surface area contributed by atoms with Crippen LogP contribution in [-0.4, -0.2) is 48.7 Å². The molecule has 0 fully saturated rings. The van der Waals surface area contributed by atoms with Gasteiger partial charge in [0.25, 0.3) is 0 Å². The van der Waals surface area contributed by atoms with Gasteiger partial charge in [-0.3, -0.25) is 10.1 Å². The van der Waals surface area contributed by atoms with Gasteiger partial charge in [0.1, 0.15) is 10.8 Å². The zero-order chi connectivity index (χ0) is 18.5. The van der Waals surface area contributed by atoms with E-state index in [9.17, 15) is 4.79 Å². The number of hydrogen-bond donors (Lipinski definition) is 1. The smallest absolute Gasteiger partial charge is 0.239 e. The van der Waals surface area contributed by atoms with E-state index in [1.54, 1.807) is 18.7 Å². The van der Waals surface area contributed by atoms with Gasteiger partial charge in [-0.15, -0.1) is 15.3 Å². The first kappa shape index (κ1) is 18.3. The lowest BCUT2D eigenvalue weighted by molar-refractivity contribution is -0.115. The summed E-state index contributed by atoms with van der Waals surface area (Å²) in [5.41, 5.74) is 0.780. The first-order chi connectivity index (χ1) is 12.6. The fraction of sp³-hybridized carbons (Fsp3) is 0.333. The van der Waals surface area contributed by atoms with Crippen LogP contribution < -0.4 is 10.1 Å². The Balaban J connectivity index is 1.68. The van der Waals surface area contributed by atoms with E-state index in [0.29, 0.717) is 10.3 Å². The molecule has 0 aliphatic carbocycles. The van der Waals surface area contributed by atoms with E-state index < -0.39 is 5.25 Å². The van der Waals surface area contributed by atoms with E-state index in [2.05, 4.69) is 31.0 Å². The molecule has 0 bridgehead atoms. The van der Waals surface area contributed by atoms with Crippen molar-refractivity contribution < 1.29 is 9.53 Å². The number of hydrogen-bond acceptors (Lipinski definition) is 9. The first-order valence-electron chi connectivity index (χ1n) is 7.83. The number of methoxy groups -OCH3 is 1. The van der Waals surface area contributed by atoms with Crippen molar-refractivity contribution >= 4 is 34.1 Å². The lowest BCUT2D eigenvalue weighted by Crippen LogP contribution is -2.22. The summed E-state index contributed by atoms with van der Waals surface area (Å²) in [6.45, 7) is 3.78. The molecule has 11 heteroatoms. The second kappa shape index (κ2) is 8.23. The Bertz CT molecular complexity index is 878. The summed E-state index contributed by atoms with van der Waals surface area (Å²) in [4.78, 5) is 12.4. The quantitative estimate of drug-likeness (QED) is 0.611. The second-order valence-corrected chi connectivity index (χ2v) is 7.55. The Morgan fingerprint density at radius 2 is 2.08 bits per heavy atom. The van der Waals surface area contributed by atoms with E-state index in [1.165, 1.54) is 23.1 Å². The molecule has 0 radical (unpaired) electrons. The Morgan fingerprint density at radius 1 is 1.31 bits per heavy atom. The van der Waals surface area contributed by atoms with Gasteiger partial charge in [-0.05, 0) is 48.0 Å². The van der Waals surface area contributed by atoms with Crippen LogP contribution in [-0.2, 0) is 11.2 Å². The van der Waals surface area contributed by atoms with Crippen molar-refractivity contribution in [3.8, 4) is 11.4 Å². The third-order valence-electron chi connectivity index (χ3n) is 3.41. The topological polar surface area (TPSA) is 108 Å². The number of anilines is 1. The Kier molecular flexibility index (Phi) is 5.78. The third kappa shape index (κ3) is 4.17. The first-order valence-corrected chi connectivity index (χ1v) is 9.53. The van der Waals surface area contributed by atoms with Crippen molar-refractivity contribution in [2.24, 2.45) is 0 Å². The van der Waals surface area contributed by atoms with E-state index in [1.807, 2.05) is 31.2 Å². The van der Waals surface area contributed by atoms with Gasteiger partial charge in [0.05, 0.1) is 18.0 Å². The van der Waals surface area contributed by atoms with Crippen LogP contribution in [0.15, 0.2) is 29.4 Å². The van der Waals surface area contributed by atoms with Crippen LogP contribution >= 0.6 is 23.1 Å². The van der Waals surface area contributed by atoms with Gasteiger partial charge in [0.2, 0.25) is 16.2 Å². The molecule has 3 aromatic rings. The molecule has 0 aliphatic heterocycles. The zero-order valence-electron chi connectivity index (χ0n) is 14.4. The standard InChI is InChI=1S/C15H17N7O2S2/c1-4-12-17-18-14(26-12)16-13(23)9(2)25-15-19-20-21-22(15)10-5-7-11(24-3)8-6-10/h5-9H,4H2,1-3H3,(H,16,18,23). The molecule has 26 heavy (non-hydrogen) atoms. The van der Waals surface area contributed by atoms with E-state index in [4.69, 9.17) is 4.74 Å². The van der Waals surface area contributed by atoms with E-state index in [0.717, 1.165) is 22.9 Å². The summed E-state index contributed by atoms with van der Waals surface area (Å²) >= 11 is 2.63. The van der Waals surface area contributed by atoms with Crippen LogP contribution in [0.4, 0.5) is 5.13 Å². The Labute approximate surface area is 158 Å². The molecule has 0 aliphatic rings. The molecule has 1 atom stereocenters. The maximum Gasteiger partial charge on any atom is 0.239 e. The van der Waals surface area contributed by atoms with E-state index in [-0.39, 0.29) is 5.91 Å². The fourth-order valence-electron chi connectivity index (χ4n) is 2.00. The lowest BCUT2D eigenvalue weighted by atomic mass is 10.3. The van der Waals surface area contributed by atoms with Crippen molar-refractivity contribution in [2.45, 2.75) is 30.7 Å². The number of rotatable bonds is 7. The van der Waals surface area contributed by atoms with Gasteiger partial charge in [0.15, 0.2) is 0 Å². The molecule has 2 aromatic heterocycles. The molecular weight excluding hydrogens is 374 g/mol. The van der Waals surface area contributed by atoms with Crippen LogP contribution in [0.1, 0.15) is 18.9 Å². The number of nitrogens with one attached hydrogen (secondary N) is 1. The minimum Gasteiger partial charge on any atom is -0.497 e. The third-order valence-corrected chi connectivity index (χ3v) is 5.42. The maximum absolute atomic E-state index is 12.4. The van der Waals surface area contributed by atoms with Crippen LogP contribution in [0.3, 0.4) is 0 Å². The molecule has 3 rings (SSSR count). The molecule has 0 saturated heterocycles. The van der Waals surface area contributed by atoms with Gasteiger partial charge in [-0.25, -0.2) is 0 Å². The Morgan fingerprint density at radius 3 is 2.73 bits per heavy atom. The minimum absolute atomic E-state index is 0.182. The number of ether oxygens (including phenoxy) is 1. The van der Waals surface area contributed by atoms with Crippen LogP contribution in [0.5, 0.6) is 5.75 Å². The highest BCUT2D eigenvalue weighted by Gasteiger charge is 2.20. The second-order valence-electron chi connectivity index (χ2n) is 5.18. The number of aromatic nitrogens is 6. The highest BCUT2D eigenvalue weighted by atomic mass is 32.2. The average Bonchev–Trinajstić information content (AvgIpc) is 3.31. The fourth-order valence-corrected chi connectivity index (χ4v) is 3.49. The molecule has 1 aromatic carbocycles. The molecule has 136 valence electrons. The summed E-state index contributed by atoms with van der Waals surface area (Å²) in [7, 11) is 1.61. The van der Waals surface area contributed by atoms with E-state index >= 15 is 0 Å². The highest BCUT2D eigenvalue weighted by Crippen LogP contribution is 2.25. The van der Waals surface area contributed by atoms with Gasteiger partial charge in [-0.2, -0.15) is 4.68 Å². The highest BCUT2D eigenvalue weighted by molar-refractivity contribution is 8.00. The number of aryl methyl sites for hydroxylation is 1. The minimum atomic E-state index is -0.410. The van der Waals surface area contributed by atoms with Crippen LogP contribution in [0.2, 0.25) is 0 Å². The number of thioether (sulfide) groups is 1. The van der Waals surface area contributed by atoms with Gasteiger partial charge in [-0.1, -0.05) is 30.0 Å². The van der Waals surface area contributed by atoms with Crippen molar-refractivity contribution in [3.63, 3.8) is 0 Å². The number of carbonyl (C=O) groups is 1. The predicted octanol–water partition coefficient (Wildman–Crippen LogP) is 2.20. The number of tetrazole rings is 1. The van der Waals surface area contributed by atoms with Crippen molar-refractivity contribution in [1.82, 2.24) is 30.4 Å². The summed E-state index contributed by atoms with van der Waals surface area (Å²) < 4.78 is 6.73. The van der Waals surface area contributed by atoms with Crippen LogP contribution in [0.25, 0.3) is 5.69 Å². The molecule has 1 unspecified atom stereocenters. The summed E-state index contributed by atoms with van der Waals surface area (Å²) in [5, 5.41) is 23.9. The monoisotopic (exact) mass is 391 g/mol. The number of carbonyl (C=O) groups excluding carboxylic acids is 1. The number of benzene rings is 1. The SMILES string of the molecule is CCc1nnc(NC(=O)C(C)Sc2nnnn2-c2ccc(OC)cc2)s1. The molecular formula is C15H17N7O2S2. The molecule has 9 nitrogen and oxygen atoms in total. The maximum atomic E-state index is 12.4.